The quantitative estimate of drug-likeness (QED) is 0.272. The van der Waals surface area contributed by atoms with Gasteiger partial charge in [-0.3, -0.25) is 0 Å². The lowest BCUT2D eigenvalue weighted by Crippen LogP contribution is -1.77. The summed E-state index contributed by atoms with van der Waals surface area (Å²) in [6, 6.07) is 20.3. The van der Waals surface area contributed by atoms with Gasteiger partial charge >= 0.3 is 0 Å². The number of aryl methyl sites for hydroxylation is 1. The highest BCUT2D eigenvalue weighted by Crippen LogP contribution is 2.42. The van der Waals surface area contributed by atoms with Gasteiger partial charge in [-0.15, -0.1) is 0 Å². The van der Waals surface area contributed by atoms with Gasteiger partial charge in [-0.25, -0.2) is 0 Å². The van der Waals surface area contributed by atoms with Gasteiger partial charge in [0, 0.05) is 43.4 Å². The number of benzene rings is 4. The molecule has 0 spiro atoms. The Morgan fingerprint density at radius 2 is 1.17 bits per heavy atom. The first-order valence-electron chi connectivity index (χ1n) is 10.0. The lowest BCUT2D eigenvalue weighted by atomic mass is 10.0. The van der Waals surface area contributed by atoms with E-state index in [9.17, 15) is 0 Å². The zero-order valence-electron chi connectivity index (χ0n) is 16.1. The van der Waals surface area contributed by atoms with E-state index in [1.165, 1.54) is 5.56 Å². The molecule has 0 radical (unpaired) electrons. The summed E-state index contributed by atoms with van der Waals surface area (Å²) in [6.45, 7) is 2.15. The highest BCUT2D eigenvalue weighted by Gasteiger charge is 2.18. The highest BCUT2D eigenvalue weighted by atomic mass is 35.5. The van der Waals surface area contributed by atoms with Crippen LogP contribution in [0.3, 0.4) is 0 Å². The maximum absolute atomic E-state index is 6.26. The molecule has 0 fully saturated rings. The van der Waals surface area contributed by atoms with E-state index in [-0.39, 0.29) is 0 Å². The number of hydrogen-bond donors (Lipinski definition) is 0. The molecular formula is C26H15ClO3. The molecule has 7 aromatic rings. The highest BCUT2D eigenvalue weighted by molar-refractivity contribution is 6.31. The molecule has 30 heavy (non-hydrogen) atoms. The van der Waals surface area contributed by atoms with Crippen LogP contribution in [0.15, 0.2) is 73.9 Å². The van der Waals surface area contributed by atoms with Crippen molar-refractivity contribution in [1.29, 1.82) is 0 Å². The molecule has 3 aromatic heterocycles. The smallest absolute Gasteiger partial charge is 0.136 e. The zero-order chi connectivity index (χ0) is 20.0. The third kappa shape index (κ3) is 2.05. The summed E-state index contributed by atoms with van der Waals surface area (Å²) in [5, 5.41) is 6.99. The Labute approximate surface area is 175 Å². The van der Waals surface area contributed by atoms with Crippen molar-refractivity contribution in [3.05, 3.63) is 71.2 Å². The molecule has 4 aromatic carbocycles. The predicted molar refractivity (Wildman–Crippen MR) is 123 cm³/mol. The van der Waals surface area contributed by atoms with Crippen molar-refractivity contribution in [2.45, 2.75) is 13.3 Å². The average molecular weight is 411 g/mol. The van der Waals surface area contributed by atoms with E-state index in [1.807, 2.05) is 30.3 Å². The second kappa shape index (κ2) is 5.59. The van der Waals surface area contributed by atoms with Crippen molar-refractivity contribution in [3.8, 4) is 0 Å². The lowest BCUT2D eigenvalue weighted by molar-refractivity contribution is 0.661. The minimum Gasteiger partial charge on any atom is -0.456 e. The molecule has 3 heterocycles. The minimum absolute atomic E-state index is 0.661. The predicted octanol–water partition coefficient (Wildman–Crippen LogP) is 8.60. The van der Waals surface area contributed by atoms with Crippen molar-refractivity contribution < 1.29 is 13.3 Å². The van der Waals surface area contributed by atoms with E-state index >= 15 is 0 Å². The molecule has 0 aliphatic carbocycles. The third-order valence-corrected chi connectivity index (χ3v) is 6.33. The van der Waals surface area contributed by atoms with Crippen LogP contribution in [0.5, 0.6) is 0 Å². The first-order chi connectivity index (χ1) is 14.7. The van der Waals surface area contributed by atoms with Crippen molar-refractivity contribution >= 4 is 77.4 Å². The normalized spacial score (nSPS) is 12.5. The lowest BCUT2D eigenvalue weighted by Gasteiger charge is -1.96. The second-order valence-electron chi connectivity index (χ2n) is 7.79. The van der Waals surface area contributed by atoms with Gasteiger partial charge in [0.05, 0.1) is 0 Å². The van der Waals surface area contributed by atoms with Crippen LogP contribution in [-0.2, 0) is 6.42 Å². The number of rotatable bonds is 1. The van der Waals surface area contributed by atoms with Gasteiger partial charge < -0.3 is 13.3 Å². The first kappa shape index (κ1) is 16.4. The summed E-state index contributed by atoms with van der Waals surface area (Å²) in [5.74, 6) is 0. The van der Waals surface area contributed by atoms with Crippen LogP contribution < -0.4 is 0 Å². The molecule has 0 saturated carbocycles. The minimum atomic E-state index is 0.661. The summed E-state index contributed by atoms with van der Waals surface area (Å²) in [5.41, 5.74) is 6.32. The number of fused-ring (bicyclic) bond motifs is 10. The standard InChI is InChI=1S/C26H15ClO3/c1-2-13-3-5-16-21(9-13)28-19-7-8-20-26(25(16)19)18-12-23-17(11-24(18)29-20)15-6-4-14(27)10-22(15)30-23/h3-12H,2H2,1H3. The largest absolute Gasteiger partial charge is 0.456 e. The zero-order valence-corrected chi connectivity index (χ0v) is 16.8. The summed E-state index contributed by atoms with van der Waals surface area (Å²) < 4.78 is 18.6. The molecule has 0 aliphatic rings. The molecule has 0 aliphatic heterocycles. The Morgan fingerprint density at radius 1 is 0.567 bits per heavy atom. The van der Waals surface area contributed by atoms with E-state index in [1.54, 1.807) is 0 Å². The molecule has 0 unspecified atom stereocenters. The van der Waals surface area contributed by atoms with Crippen LogP contribution in [0.25, 0.3) is 65.8 Å². The van der Waals surface area contributed by atoms with Gasteiger partial charge in [-0.05, 0) is 54.4 Å². The third-order valence-electron chi connectivity index (χ3n) is 6.10. The molecule has 7 rings (SSSR count). The molecule has 0 N–H and O–H groups in total. The molecule has 0 bridgehead atoms. The van der Waals surface area contributed by atoms with Gasteiger partial charge in [-0.1, -0.05) is 30.7 Å². The van der Waals surface area contributed by atoms with Gasteiger partial charge in [-0.2, -0.15) is 0 Å². The van der Waals surface area contributed by atoms with E-state index < -0.39 is 0 Å². The first-order valence-corrected chi connectivity index (χ1v) is 10.4. The Morgan fingerprint density at radius 3 is 1.97 bits per heavy atom. The van der Waals surface area contributed by atoms with Gasteiger partial charge in [0.2, 0.25) is 0 Å². The summed E-state index contributed by atoms with van der Waals surface area (Å²) in [7, 11) is 0. The van der Waals surface area contributed by atoms with E-state index in [0.29, 0.717) is 5.02 Å². The van der Waals surface area contributed by atoms with Crippen molar-refractivity contribution in [2.24, 2.45) is 0 Å². The summed E-state index contributed by atoms with van der Waals surface area (Å²) >= 11 is 6.15. The van der Waals surface area contributed by atoms with Crippen LogP contribution in [0, 0.1) is 0 Å². The number of hydrogen-bond acceptors (Lipinski definition) is 3. The Bertz CT molecular complexity index is 1800. The average Bonchev–Trinajstić information content (AvgIpc) is 3.40. The molecular weight excluding hydrogens is 396 g/mol. The van der Waals surface area contributed by atoms with Gasteiger partial charge in [0.15, 0.2) is 0 Å². The fourth-order valence-electron chi connectivity index (χ4n) is 4.64. The molecule has 0 atom stereocenters. The molecule has 0 amide bonds. The Hall–Kier alpha value is -3.43. The molecule has 4 heteroatoms. The SMILES string of the molecule is CCc1ccc2c(c1)oc1ccc3oc4cc5c(cc4c3c12)oc1cc(Cl)ccc15. The fraction of sp³-hybridized carbons (Fsp3) is 0.0769. The van der Waals surface area contributed by atoms with E-state index in [2.05, 4.69) is 37.3 Å². The topological polar surface area (TPSA) is 39.4 Å². The second-order valence-corrected chi connectivity index (χ2v) is 8.22. The van der Waals surface area contributed by atoms with Crippen molar-refractivity contribution in [3.63, 3.8) is 0 Å². The van der Waals surface area contributed by atoms with Crippen molar-refractivity contribution in [2.75, 3.05) is 0 Å². The maximum atomic E-state index is 6.26. The van der Waals surface area contributed by atoms with Crippen molar-refractivity contribution in [1.82, 2.24) is 0 Å². The fourth-order valence-corrected chi connectivity index (χ4v) is 4.80. The van der Waals surface area contributed by atoms with Crippen LogP contribution in [0.2, 0.25) is 5.02 Å². The molecule has 144 valence electrons. The number of furan rings is 3. The summed E-state index contributed by atoms with van der Waals surface area (Å²) in [4.78, 5) is 0. The Kier molecular flexibility index (Phi) is 3.05. The van der Waals surface area contributed by atoms with Gasteiger partial charge in [0.1, 0.15) is 33.5 Å². The van der Waals surface area contributed by atoms with Crippen LogP contribution in [-0.4, -0.2) is 0 Å². The monoisotopic (exact) mass is 410 g/mol. The van der Waals surface area contributed by atoms with E-state index in [4.69, 9.17) is 24.9 Å². The van der Waals surface area contributed by atoms with Crippen LogP contribution in [0.1, 0.15) is 12.5 Å². The van der Waals surface area contributed by atoms with Crippen LogP contribution in [0.4, 0.5) is 0 Å². The van der Waals surface area contributed by atoms with Crippen LogP contribution >= 0.6 is 11.6 Å². The maximum Gasteiger partial charge on any atom is 0.136 e. The Balaban J connectivity index is 1.66. The number of halogens is 1. The van der Waals surface area contributed by atoms with E-state index in [0.717, 1.165) is 72.2 Å². The molecule has 3 nitrogen and oxygen atoms in total. The summed E-state index contributed by atoms with van der Waals surface area (Å²) in [6.07, 6.45) is 0.977. The van der Waals surface area contributed by atoms with Gasteiger partial charge in [0.25, 0.3) is 0 Å². The molecule has 0 saturated heterocycles.